The second kappa shape index (κ2) is 8.50. The lowest BCUT2D eigenvalue weighted by atomic mass is 10.1. The summed E-state index contributed by atoms with van der Waals surface area (Å²) in [6.45, 7) is 6.32. The standard InChI is InChI=1S/C20H24N4O/c1-2-3-4-11-22-12-5-13-23(16-15-22)20(25)18-6-8-19(9-7-18)24-14-10-21-17-24/h6-10,14,17H,2,5,11-13,15-16H2,1H3. The van der Waals surface area contributed by atoms with Crippen molar-refractivity contribution in [2.45, 2.75) is 19.8 Å². The van der Waals surface area contributed by atoms with Gasteiger partial charge >= 0.3 is 0 Å². The molecule has 1 aromatic carbocycles. The highest BCUT2D eigenvalue weighted by atomic mass is 16.2. The molecular weight excluding hydrogens is 312 g/mol. The molecule has 5 heteroatoms. The van der Waals surface area contributed by atoms with E-state index < -0.39 is 0 Å². The lowest BCUT2D eigenvalue weighted by Gasteiger charge is -2.21. The summed E-state index contributed by atoms with van der Waals surface area (Å²) in [5.74, 6) is 6.42. The number of hydrogen-bond acceptors (Lipinski definition) is 3. The zero-order valence-corrected chi connectivity index (χ0v) is 14.7. The van der Waals surface area contributed by atoms with Gasteiger partial charge in [0.2, 0.25) is 0 Å². The molecule has 0 saturated carbocycles. The fraction of sp³-hybridized carbons (Fsp3) is 0.400. The van der Waals surface area contributed by atoms with Gasteiger partial charge in [-0.3, -0.25) is 9.69 Å². The Morgan fingerprint density at radius 2 is 1.96 bits per heavy atom. The van der Waals surface area contributed by atoms with Crippen molar-refractivity contribution < 1.29 is 4.79 Å². The zero-order chi connectivity index (χ0) is 17.5. The summed E-state index contributed by atoms with van der Waals surface area (Å²) in [5.41, 5.74) is 1.74. The third-order valence-electron chi connectivity index (χ3n) is 4.40. The molecule has 0 spiro atoms. The van der Waals surface area contributed by atoms with Gasteiger partial charge in [0, 0.05) is 56.2 Å². The summed E-state index contributed by atoms with van der Waals surface area (Å²) < 4.78 is 1.93. The van der Waals surface area contributed by atoms with Crippen LogP contribution in [0.3, 0.4) is 0 Å². The Bertz CT molecular complexity index is 740. The van der Waals surface area contributed by atoms with E-state index in [2.05, 4.69) is 28.6 Å². The largest absolute Gasteiger partial charge is 0.337 e. The topological polar surface area (TPSA) is 41.4 Å². The summed E-state index contributed by atoms with van der Waals surface area (Å²) in [5, 5.41) is 0. The first-order valence-corrected chi connectivity index (χ1v) is 8.83. The number of rotatable bonds is 3. The van der Waals surface area contributed by atoms with Gasteiger partial charge in [0.25, 0.3) is 5.91 Å². The van der Waals surface area contributed by atoms with Crippen LogP contribution in [0.15, 0.2) is 43.0 Å². The number of hydrogen-bond donors (Lipinski definition) is 0. The molecular formula is C20H24N4O. The van der Waals surface area contributed by atoms with E-state index in [1.807, 2.05) is 39.9 Å². The van der Waals surface area contributed by atoms with Crippen LogP contribution in [0.4, 0.5) is 0 Å². The van der Waals surface area contributed by atoms with E-state index in [0.29, 0.717) is 0 Å². The highest BCUT2D eigenvalue weighted by Crippen LogP contribution is 2.13. The molecule has 0 radical (unpaired) electrons. The van der Waals surface area contributed by atoms with Crippen molar-refractivity contribution in [3.8, 4) is 17.5 Å². The third kappa shape index (κ3) is 4.49. The van der Waals surface area contributed by atoms with Crippen LogP contribution in [-0.4, -0.2) is 58.0 Å². The SMILES string of the molecule is CCC#CCN1CCCN(C(=O)c2ccc(-n3ccnc3)cc2)CC1. The Morgan fingerprint density at radius 3 is 2.68 bits per heavy atom. The Labute approximate surface area is 149 Å². The molecule has 1 aliphatic rings. The Hall–Kier alpha value is -2.58. The summed E-state index contributed by atoms with van der Waals surface area (Å²) in [6, 6.07) is 7.71. The minimum Gasteiger partial charge on any atom is -0.337 e. The van der Waals surface area contributed by atoms with Crippen LogP contribution in [0.5, 0.6) is 0 Å². The minimum absolute atomic E-state index is 0.110. The first kappa shape index (κ1) is 17.2. The smallest absolute Gasteiger partial charge is 0.253 e. The number of aromatic nitrogens is 2. The normalized spacial score (nSPS) is 15.3. The molecule has 2 heterocycles. The van der Waals surface area contributed by atoms with Crippen LogP contribution in [0.1, 0.15) is 30.1 Å². The average molecular weight is 336 g/mol. The van der Waals surface area contributed by atoms with Crippen LogP contribution < -0.4 is 0 Å². The summed E-state index contributed by atoms with van der Waals surface area (Å²) in [7, 11) is 0. The van der Waals surface area contributed by atoms with Gasteiger partial charge in [-0.05, 0) is 30.7 Å². The molecule has 2 aromatic rings. The summed E-state index contributed by atoms with van der Waals surface area (Å²) >= 11 is 0. The maximum Gasteiger partial charge on any atom is 0.253 e. The molecule has 1 fully saturated rings. The van der Waals surface area contributed by atoms with Crippen molar-refractivity contribution in [2.75, 3.05) is 32.7 Å². The van der Waals surface area contributed by atoms with E-state index in [1.165, 1.54) is 0 Å². The van der Waals surface area contributed by atoms with Gasteiger partial charge in [0.15, 0.2) is 0 Å². The van der Waals surface area contributed by atoms with Crippen LogP contribution >= 0.6 is 0 Å². The average Bonchev–Trinajstić information content (AvgIpc) is 3.08. The van der Waals surface area contributed by atoms with Crippen molar-refractivity contribution >= 4 is 5.91 Å². The number of carbonyl (C=O) groups is 1. The Morgan fingerprint density at radius 1 is 1.12 bits per heavy atom. The van der Waals surface area contributed by atoms with E-state index in [0.717, 1.165) is 56.8 Å². The fourth-order valence-electron chi connectivity index (χ4n) is 3.00. The van der Waals surface area contributed by atoms with Gasteiger partial charge in [-0.15, -0.1) is 5.92 Å². The monoisotopic (exact) mass is 336 g/mol. The highest BCUT2D eigenvalue weighted by molar-refractivity contribution is 5.94. The van der Waals surface area contributed by atoms with Gasteiger partial charge < -0.3 is 9.47 Å². The number of carbonyl (C=O) groups excluding carboxylic acids is 1. The Balaban J connectivity index is 1.61. The number of imidazole rings is 1. The number of benzene rings is 1. The van der Waals surface area contributed by atoms with Crippen LogP contribution in [-0.2, 0) is 0 Å². The predicted molar refractivity (Wildman–Crippen MR) is 98.6 cm³/mol. The van der Waals surface area contributed by atoms with Gasteiger partial charge in [0.05, 0.1) is 12.9 Å². The molecule has 0 N–H and O–H groups in total. The first-order valence-electron chi connectivity index (χ1n) is 8.83. The molecule has 5 nitrogen and oxygen atoms in total. The molecule has 1 aliphatic heterocycles. The minimum atomic E-state index is 0.110. The summed E-state index contributed by atoms with van der Waals surface area (Å²) in [4.78, 5) is 21.1. The van der Waals surface area contributed by atoms with Gasteiger partial charge in [0.1, 0.15) is 0 Å². The quantitative estimate of drug-likeness (QED) is 0.809. The highest BCUT2D eigenvalue weighted by Gasteiger charge is 2.19. The van der Waals surface area contributed by atoms with Crippen LogP contribution in [0.2, 0.25) is 0 Å². The molecule has 0 aliphatic carbocycles. The van der Waals surface area contributed by atoms with Gasteiger partial charge in [-0.2, -0.15) is 0 Å². The van der Waals surface area contributed by atoms with Crippen LogP contribution in [0, 0.1) is 11.8 Å². The molecule has 0 atom stereocenters. The molecule has 1 aromatic heterocycles. The lowest BCUT2D eigenvalue weighted by Crippen LogP contribution is -2.35. The fourth-order valence-corrected chi connectivity index (χ4v) is 3.00. The van der Waals surface area contributed by atoms with Crippen molar-refractivity contribution in [3.63, 3.8) is 0 Å². The maximum atomic E-state index is 12.8. The second-order valence-corrected chi connectivity index (χ2v) is 6.15. The van der Waals surface area contributed by atoms with E-state index in [9.17, 15) is 4.79 Å². The zero-order valence-electron chi connectivity index (χ0n) is 14.7. The number of nitrogens with zero attached hydrogens (tertiary/aromatic N) is 4. The van der Waals surface area contributed by atoms with E-state index in [4.69, 9.17) is 0 Å². The maximum absolute atomic E-state index is 12.8. The van der Waals surface area contributed by atoms with E-state index >= 15 is 0 Å². The van der Waals surface area contributed by atoms with E-state index in [1.54, 1.807) is 12.5 Å². The molecule has 0 bridgehead atoms. The lowest BCUT2D eigenvalue weighted by molar-refractivity contribution is 0.0762. The van der Waals surface area contributed by atoms with Crippen molar-refractivity contribution in [1.82, 2.24) is 19.4 Å². The Kier molecular flexibility index (Phi) is 5.86. The molecule has 1 saturated heterocycles. The second-order valence-electron chi connectivity index (χ2n) is 6.15. The molecule has 25 heavy (non-hydrogen) atoms. The molecule has 130 valence electrons. The van der Waals surface area contributed by atoms with Crippen molar-refractivity contribution in [1.29, 1.82) is 0 Å². The van der Waals surface area contributed by atoms with Crippen molar-refractivity contribution in [2.24, 2.45) is 0 Å². The van der Waals surface area contributed by atoms with Gasteiger partial charge in [-0.25, -0.2) is 4.98 Å². The van der Waals surface area contributed by atoms with Crippen LogP contribution in [0.25, 0.3) is 5.69 Å². The summed E-state index contributed by atoms with van der Waals surface area (Å²) in [6.07, 6.45) is 7.27. The molecule has 3 rings (SSSR count). The number of amides is 1. The third-order valence-corrected chi connectivity index (χ3v) is 4.40. The molecule has 1 amide bonds. The molecule has 0 unspecified atom stereocenters. The predicted octanol–water partition coefficient (Wildman–Crippen LogP) is 2.43. The van der Waals surface area contributed by atoms with Gasteiger partial charge in [-0.1, -0.05) is 12.8 Å². The van der Waals surface area contributed by atoms with E-state index in [-0.39, 0.29) is 5.91 Å². The van der Waals surface area contributed by atoms with Crippen molar-refractivity contribution in [3.05, 3.63) is 48.5 Å². The first-order chi connectivity index (χ1) is 12.3.